The Morgan fingerprint density at radius 2 is 2.16 bits per heavy atom. The van der Waals surface area contributed by atoms with Gasteiger partial charge in [-0.2, -0.15) is 18.3 Å². The zero-order valence-electron chi connectivity index (χ0n) is 9.11. The molecule has 0 radical (unpaired) electrons. The van der Waals surface area contributed by atoms with Crippen LogP contribution in [0.4, 0.5) is 13.2 Å². The van der Waals surface area contributed by atoms with E-state index in [4.69, 9.17) is 5.11 Å². The largest absolute Gasteiger partial charge is 0.480 e. The summed E-state index contributed by atoms with van der Waals surface area (Å²) in [5, 5.41) is 12.0. The molecule has 0 amide bonds. The Morgan fingerprint density at radius 3 is 2.63 bits per heavy atom. The molecule has 0 aliphatic rings. The number of nitrogens with zero attached hydrogens (tertiary/aromatic N) is 2. The standard InChI is InChI=1S/C10H6BrF3N2O2S/c11-8-2-1-6(19-8)5-3-7(10(12,13)14)15-16(5)4-9(17)18/h1-3H,4H2,(H,17,18). The zero-order chi connectivity index (χ0) is 14.2. The minimum absolute atomic E-state index is 0.130. The van der Waals surface area contributed by atoms with Crippen molar-refractivity contribution in [3.63, 3.8) is 0 Å². The van der Waals surface area contributed by atoms with Crippen molar-refractivity contribution >= 4 is 33.2 Å². The van der Waals surface area contributed by atoms with E-state index in [2.05, 4.69) is 21.0 Å². The second-order valence-corrected chi connectivity index (χ2v) is 6.03. The van der Waals surface area contributed by atoms with Crippen LogP contribution in [0.15, 0.2) is 22.0 Å². The van der Waals surface area contributed by atoms with Crippen LogP contribution >= 0.6 is 27.3 Å². The SMILES string of the molecule is O=C(O)Cn1nc(C(F)(F)F)cc1-c1ccc(Br)s1. The minimum Gasteiger partial charge on any atom is -0.480 e. The summed E-state index contributed by atoms with van der Waals surface area (Å²) >= 11 is 4.40. The highest BCUT2D eigenvalue weighted by Crippen LogP contribution is 2.35. The molecule has 0 aromatic carbocycles. The highest BCUT2D eigenvalue weighted by Gasteiger charge is 2.35. The number of aromatic nitrogens is 2. The van der Waals surface area contributed by atoms with Gasteiger partial charge in [-0.1, -0.05) is 0 Å². The van der Waals surface area contributed by atoms with Crippen LogP contribution in [0.5, 0.6) is 0 Å². The molecule has 2 aromatic rings. The molecule has 0 unspecified atom stereocenters. The first kappa shape index (κ1) is 14.1. The lowest BCUT2D eigenvalue weighted by Gasteiger charge is -2.02. The monoisotopic (exact) mass is 354 g/mol. The van der Waals surface area contributed by atoms with E-state index in [1.165, 1.54) is 11.3 Å². The maximum Gasteiger partial charge on any atom is 0.435 e. The molecule has 0 aliphatic heterocycles. The van der Waals surface area contributed by atoms with Crippen LogP contribution in [0, 0.1) is 0 Å². The summed E-state index contributed by atoms with van der Waals surface area (Å²) in [6.45, 7) is -0.624. The van der Waals surface area contributed by atoms with Gasteiger partial charge in [0.2, 0.25) is 0 Å². The third-order valence-corrected chi connectivity index (χ3v) is 3.83. The topological polar surface area (TPSA) is 55.1 Å². The first-order valence-electron chi connectivity index (χ1n) is 4.90. The summed E-state index contributed by atoms with van der Waals surface area (Å²) in [5.41, 5.74) is -0.973. The lowest BCUT2D eigenvalue weighted by Crippen LogP contribution is -2.13. The number of halogens is 4. The molecule has 0 saturated carbocycles. The van der Waals surface area contributed by atoms with Crippen molar-refractivity contribution in [3.05, 3.63) is 27.7 Å². The second kappa shape index (κ2) is 4.97. The molecule has 0 aliphatic carbocycles. The van der Waals surface area contributed by atoms with Gasteiger partial charge in [-0.3, -0.25) is 9.48 Å². The molecule has 0 saturated heterocycles. The molecule has 2 heterocycles. The van der Waals surface area contributed by atoms with Crippen LogP contribution in [0.3, 0.4) is 0 Å². The summed E-state index contributed by atoms with van der Waals surface area (Å²) in [7, 11) is 0. The summed E-state index contributed by atoms with van der Waals surface area (Å²) in [6.07, 6.45) is -4.60. The van der Waals surface area contributed by atoms with Gasteiger partial charge in [0.25, 0.3) is 0 Å². The third kappa shape index (κ3) is 3.16. The second-order valence-electron chi connectivity index (χ2n) is 3.57. The Kier molecular flexibility index (Phi) is 3.68. The molecule has 9 heteroatoms. The quantitative estimate of drug-likeness (QED) is 0.917. The van der Waals surface area contributed by atoms with E-state index in [0.717, 1.165) is 14.5 Å². The smallest absolute Gasteiger partial charge is 0.435 e. The van der Waals surface area contributed by atoms with E-state index in [1.807, 2.05) is 0 Å². The predicted octanol–water partition coefficient (Wildman–Crippen LogP) is 3.48. The van der Waals surface area contributed by atoms with Crippen molar-refractivity contribution in [2.45, 2.75) is 12.7 Å². The number of hydrogen-bond acceptors (Lipinski definition) is 3. The van der Waals surface area contributed by atoms with Crippen molar-refractivity contribution in [1.29, 1.82) is 0 Å². The molecule has 0 spiro atoms. The maximum absolute atomic E-state index is 12.6. The van der Waals surface area contributed by atoms with Crippen LogP contribution in [0.2, 0.25) is 0 Å². The van der Waals surface area contributed by atoms with Crippen molar-refractivity contribution in [2.24, 2.45) is 0 Å². The van der Waals surface area contributed by atoms with Crippen LogP contribution in [0.1, 0.15) is 5.69 Å². The molecule has 19 heavy (non-hydrogen) atoms. The van der Waals surface area contributed by atoms with E-state index < -0.39 is 24.4 Å². The van der Waals surface area contributed by atoms with Crippen molar-refractivity contribution in [2.75, 3.05) is 0 Å². The van der Waals surface area contributed by atoms with Gasteiger partial charge in [0.05, 0.1) is 14.4 Å². The Balaban J connectivity index is 2.51. The normalized spacial score (nSPS) is 11.8. The van der Waals surface area contributed by atoms with E-state index >= 15 is 0 Å². The number of carbonyl (C=O) groups is 1. The first-order chi connectivity index (χ1) is 8.77. The van der Waals surface area contributed by atoms with E-state index in [0.29, 0.717) is 4.88 Å². The van der Waals surface area contributed by atoms with Gasteiger partial charge in [-0.05, 0) is 34.1 Å². The van der Waals surface area contributed by atoms with Crippen LogP contribution < -0.4 is 0 Å². The van der Waals surface area contributed by atoms with Gasteiger partial charge < -0.3 is 5.11 Å². The summed E-state index contributed by atoms with van der Waals surface area (Å²) < 4.78 is 39.4. The van der Waals surface area contributed by atoms with Crippen LogP contribution in [-0.4, -0.2) is 20.9 Å². The Hall–Kier alpha value is -1.35. The molecule has 2 rings (SSSR count). The molecular formula is C10H6BrF3N2O2S. The Bertz CT molecular complexity index is 621. The lowest BCUT2D eigenvalue weighted by atomic mass is 10.3. The Morgan fingerprint density at radius 1 is 1.47 bits per heavy atom. The van der Waals surface area contributed by atoms with Crippen molar-refractivity contribution in [1.82, 2.24) is 9.78 Å². The average Bonchev–Trinajstić information content (AvgIpc) is 2.82. The number of alkyl halides is 3. The molecule has 1 N–H and O–H groups in total. The van der Waals surface area contributed by atoms with E-state index in [1.54, 1.807) is 12.1 Å². The zero-order valence-corrected chi connectivity index (χ0v) is 11.5. The van der Waals surface area contributed by atoms with Gasteiger partial charge in [0.15, 0.2) is 5.69 Å². The number of aliphatic carboxylic acids is 1. The fourth-order valence-corrected chi connectivity index (χ4v) is 2.86. The Labute approximate surface area is 117 Å². The summed E-state index contributed by atoms with van der Waals surface area (Å²) in [5.74, 6) is -1.26. The number of carboxylic acid groups (broad SMARTS) is 1. The molecule has 2 aromatic heterocycles. The average molecular weight is 355 g/mol. The molecule has 102 valence electrons. The molecule has 0 atom stereocenters. The fourth-order valence-electron chi connectivity index (χ4n) is 1.45. The summed E-state index contributed by atoms with van der Waals surface area (Å²) in [6, 6.07) is 4.12. The summed E-state index contributed by atoms with van der Waals surface area (Å²) in [4.78, 5) is 11.2. The van der Waals surface area contributed by atoms with E-state index in [9.17, 15) is 18.0 Å². The number of rotatable bonds is 3. The highest BCUT2D eigenvalue weighted by molar-refractivity contribution is 9.11. The third-order valence-electron chi connectivity index (χ3n) is 2.18. The van der Waals surface area contributed by atoms with Crippen molar-refractivity contribution < 1.29 is 23.1 Å². The van der Waals surface area contributed by atoms with Crippen LogP contribution in [0.25, 0.3) is 10.6 Å². The van der Waals surface area contributed by atoms with E-state index in [-0.39, 0.29) is 5.69 Å². The van der Waals surface area contributed by atoms with Crippen molar-refractivity contribution in [3.8, 4) is 10.6 Å². The van der Waals surface area contributed by atoms with Gasteiger partial charge in [-0.15, -0.1) is 11.3 Å². The van der Waals surface area contributed by atoms with Gasteiger partial charge in [0.1, 0.15) is 6.54 Å². The van der Waals surface area contributed by atoms with Gasteiger partial charge in [-0.25, -0.2) is 0 Å². The van der Waals surface area contributed by atoms with Gasteiger partial charge in [0, 0.05) is 0 Å². The molecular weight excluding hydrogens is 349 g/mol. The number of carboxylic acids is 1. The first-order valence-corrected chi connectivity index (χ1v) is 6.51. The highest BCUT2D eigenvalue weighted by atomic mass is 79.9. The fraction of sp³-hybridized carbons (Fsp3) is 0.200. The molecule has 0 bridgehead atoms. The number of hydrogen-bond donors (Lipinski definition) is 1. The molecule has 0 fully saturated rings. The minimum atomic E-state index is -4.60. The van der Waals surface area contributed by atoms with Gasteiger partial charge >= 0.3 is 12.1 Å². The predicted molar refractivity (Wildman–Crippen MR) is 65.9 cm³/mol. The number of thiophene rings is 1. The maximum atomic E-state index is 12.6. The molecule has 4 nitrogen and oxygen atoms in total. The lowest BCUT2D eigenvalue weighted by molar-refractivity contribution is -0.143. The van der Waals surface area contributed by atoms with Crippen LogP contribution in [-0.2, 0) is 17.5 Å².